The van der Waals surface area contributed by atoms with E-state index < -0.39 is 0 Å². The number of methoxy groups -OCH3 is 1. The Morgan fingerprint density at radius 1 is 1.53 bits per heavy atom. The molecule has 0 fully saturated rings. The smallest absolute Gasteiger partial charge is 0.257 e. The summed E-state index contributed by atoms with van der Waals surface area (Å²) in [5.41, 5.74) is 6.54. The first kappa shape index (κ1) is 12.9. The van der Waals surface area contributed by atoms with Crippen molar-refractivity contribution in [2.45, 2.75) is 13.3 Å². The van der Waals surface area contributed by atoms with E-state index >= 15 is 0 Å². The number of nitrogen functional groups attached to an aromatic ring is 1. The van der Waals surface area contributed by atoms with Gasteiger partial charge in [-0.1, -0.05) is 6.07 Å². The van der Waals surface area contributed by atoms with Gasteiger partial charge in [-0.25, -0.2) is 0 Å². The minimum atomic E-state index is -0.238. The third kappa shape index (κ3) is 3.42. The Bertz CT molecular complexity index is 458. The fraction of sp³-hybridized carbons (Fsp3) is 0.308. The number of rotatable bonds is 4. The number of nitrogens with two attached hydrogens (primary N) is 1. The van der Waals surface area contributed by atoms with Crippen LogP contribution in [0.2, 0.25) is 0 Å². The van der Waals surface area contributed by atoms with E-state index in [-0.39, 0.29) is 5.91 Å². The molecule has 1 aromatic rings. The normalized spacial score (nSPS) is 9.06. The van der Waals surface area contributed by atoms with Crippen molar-refractivity contribution < 1.29 is 9.53 Å². The second kappa shape index (κ2) is 6.44. The lowest BCUT2D eigenvalue weighted by Gasteiger charge is -2.10. The van der Waals surface area contributed by atoms with E-state index in [0.29, 0.717) is 30.0 Å². The predicted octanol–water partition coefficient (Wildman–Crippen LogP) is 1.42. The van der Waals surface area contributed by atoms with Crippen molar-refractivity contribution in [2.24, 2.45) is 0 Å². The van der Waals surface area contributed by atoms with Gasteiger partial charge in [-0.3, -0.25) is 4.79 Å². The maximum Gasteiger partial charge on any atom is 0.257 e. The molecule has 0 heterocycles. The van der Waals surface area contributed by atoms with Crippen LogP contribution in [0.3, 0.4) is 0 Å². The fourth-order valence-corrected chi connectivity index (χ4v) is 1.41. The first-order valence-electron chi connectivity index (χ1n) is 5.31. The number of nitrogens with one attached hydrogen (secondary N) is 1. The van der Waals surface area contributed by atoms with Crippen LogP contribution in [-0.4, -0.2) is 19.6 Å². The van der Waals surface area contributed by atoms with Gasteiger partial charge in [0.1, 0.15) is 11.3 Å². The lowest BCUT2D eigenvalue weighted by atomic mass is 10.1. The molecule has 0 saturated carbocycles. The summed E-state index contributed by atoms with van der Waals surface area (Å²) in [6.45, 7) is 2.26. The van der Waals surface area contributed by atoms with Gasteiger partial charge in [0.25, 0.3) is 5.91 Å². The molecule has 1 amide bonds. The van der Waals surface area contributed by atoms with Crippen LogP contribution in [0.5, 0.6) is 5.75 Å². The van der Waals surface area contributed by atoms with Gasteiger partial charge in [-0.2, -0.15) is 0 Å². The average Bonchev–Trinajstić information content (AvgIpc) is 2.34. The van der Waals surface area contributed by atoms with Gasteiger partial charge in [0.15, 0.2) is 0 Å². The monoisotopic (exact) mass is 232 g/mol. The molecular weight excluding hydrogens is 216 g/mol. The Kier molecular flexibility index (Phi) is 4.89. The summed E-state index contributed by atoms with van der Waals surface area (Å²) in [7, 11) is 1.51. The molecule has 0 aromatic heterocycles. The molecule has 0 saturated heterocycles. The zero-order valence-electron chi connectivity index (χ0n) is 10.0. The number of ether oxygens (including phenoxy) is 1. The summed E-state index contributed by atoms with van der Waals surface area (Å²) in [4.78, 5) is 11.9. The summed E-state index contributed by atoms with van der Waals surface area (Å²) in [5.74, 6) is 5.87. The molecule has 0 bridgehead atoms. The van der Waals surface area contributed by atoms with E-state index in [1.54, 1.807) is 25.1 Å². The molecule has 0 radical (unpaired) electrons. The van der Waals surface area contributed by atoms with Crippen molar-refractivity contribution in [3.05, 3.63) is 23.8 Å². The number of amides is 1. The lowest BCUT2D eigenvalue weighted by molar-refractivity contribution is 0.0952. The summed E-state index contributed by atoms with van der Waals surface area (Å²) in [6, 6.07) is 5.12. The standard InChI is InChI=1S/C13H16N2O2/c1-3-4-5-9-15-13(16)12-10(14)7-6-8-11(12)17-2/h6-8H,5,9,14H2,1-2H3,(H,15,16). The van der Waals surface area contributed by atoms with E-state index in [0.717, 1.165) is 0 Å². The molecule has 0 unspecified atom stereocenters. The summed E-state index contributed by atoms with van der Waals surface area (Å²) in [5, 5.41) is 2.75. The highest BCUT2D eigenvalue weighted by Crippen LogP contribution is 2.23. The largest absolute Gasteiger partial charge is 0.496 e. The zero-order valence-corrected chi connectivity index (χ0v) is 10.0. The number of hydrogen-bond donors (Lipinski definition) is 2. The molecule has 0 aliphatic heterocycles. The molecule has 0 aliphatic carbocycles. The van der Waals surface area contributed by atoms with Gasteiger partial charge in [-0.15, -0.1) is 11.8 Å². The molecule has 4 heteroatoms. The van der Waals surface area contributed by atoms with Crippen LogP contribution in [0.25, 0.3) is 0 Å². The minimum absolute atomic E-state index is 0.238. The minimum Gasteiger partial charge on any atom is -0.496 e. The number of benzene rings is 1. The first-order valence-corrected chi connectivity index (χ1v) is 5.31. The second-order valence-electron chi connectivity index (χ2n) is 3.36. The highest BCUT2D eigenvalue weighted by molar-refractivity contribution is 6.01. The van der Waals surface area contributed by atoms with Crippen molar-refractivity contribution in [3.8, 4) is 17.6 Å². The van der Waals surface area contributed by atoms with Crippen LogP contribution in [-0.2, 0) is 0 Å². The van der Waals surface area contributed by atoms with E-state index in [4.69, 9.17) is 10.5 Å². The third-order valence-corrected chi connectivity index (χ3v) is 2.22. The molecule has 1 aromatic carbocycles. The van der Waals surface area contributed by atoms with Crippen molar-refractivity contribution in [1.29, 1.82) is 0 Å². The maximum atomic E-state index is 11.9. The van der Waals surface area contributed by atoms with E-state index in [1.807, 2.05) is 0 Å². The van der Waals surface area contributed by atoms with Crippen LogP contribution < -0.4 is 15.8 Å². The highest BCUT2D eigenvalue weighted by atomic mass is 16.5. The maximum absolute atomic E-state index is 11.9. The van der Waals surface area contributed by atoms with Gasteiger partial charge < -0.3 is 15.8 Å². The Morgan fingerprint density at radius 2 is 2.29 bits per heavy atom. The van der Waals surface area contributed by atoms with Gasteiger partial charge in [0, 0.05) is 18.7 Å². The first-order chi connectivity index (χ1) is 8.20. The number of hydrogen-bond acceptors (Lipinski definition) is 3. The third-order valence-electron chi connectivity index (χ3n) is 2.22. The van der Waals surface area contributed by atoms with Crippen LogP contribution in [0, 0.1) is 11.8 Å². The number of carbonyl (C=O) groups excluding carboxylic acids is 1. The Hall–Kier alpha value is -2.15. The van der Waals surface area contributed by atoms with Crippen molar-refractivity contribution in [1.82, 2.24) is 5.32 Å². The van der Waals surface area contributed by atoms with Crippen molar-refractivity contribution in [2.75, 3.05) is 19.4 Å². The Balaban J connectivity index is 2.76. The van der Waals surface area contributed by atoms with E-state index in [2.05, 4.69) is 17.2 Å². The Labute approximate surface area is 101 Å². The predicted molar refractivity (Wildman–Crippen MR) is 67.8 cm³/mol. The van der Waals surface area contributed by atoms with Crippen molar-refractivity contribution in [3.63, 3.8) is 0 Å². The molecule has 4 nitrogen and oxygen atoms in total. The molecule has 90 valence electrons. The molecule has 3 N–H and O–H groups in total. The van der Waals surface area contributed by atoms with Gasteiger partial charge in [0.05, 0.1) is 7.11 Å². The molecular formula is C13H16N2O2. The quantitative estimate of drug-likeness (QED) is 0.469. The molecule has 0 spiro atoms. The van der Waals surface area contributed by atoms with E-state index in [1.165, 1.54) is 7.11 Å². The van der Waals surface area contributed by atoms with Crippen LogP contribution in [0.15, 0.2) is 18.2 Å². The summed E-state index contributed by atoms with van der Waals surface area (Å²) in [6.07, 6.45) is 0.622. The number of carbonyl (C=O) groups is 1. The summed E-state index contributed by atoms with van der Waals surface area (Å²) >= 11 is 0. The SMILES string of the molecule is CC#CCCNC(=O)c1c(N)cccc1OC. The average molecular weight is 232 g/mol. The Morgan fingerprint density at radius 3 is 2.94 bits per heavy atom. The zero-order chi connectivity index (χ0) is 12.7. The molecule has 17 heavy (non-hydrogen) atoms. The fourth-order valence-electron chi connectivity index (χ4n) is 1.41. The number of anilines is 1. The van der Waals surface area contributed by atoms with E-state index in [9.17, 15) is 4.79 Å². The van der Waals surface area contributed by atoms with Gasteiger partial charge >= 0.3 is 0 Å². The topological polar surface area (TPSA) is 64.4 Å². The van der Waals surface area contributed by atoms with Crippen LogP contribution in [0.1, 0.15) is 23.7 Å². The summed E-state index contributed by atoms with van der Waals surface area (Å²) < 4.78 is 5.11. The van der Waals surface area contributed by atoms with Crippen molar-refractivity contribution >= 4 is 11.6 Å². The lowest BCUT2D eigenvalue weighted by Crippen LogP contribution is -2.25. The highest BCUT2D eigenvalue weighted by Gasteiger charge is 2.14. The van der Waals surface area contributed by atoms with Crippen LogP contribution in [0.4, 0.5) is 5.69 Å². The van der Waals surface area contributed by atoms with Gasteiger partial charge in [0.2, 0.25) is 0 Å². The molecule has 0 aliphatic rings. The van der Waals surface area contributed by atoms with Gasteiger partial charge in [-0.05, 0) is 19.1 Å². The van der Waals surface area contributed by atoms with Crippen LogP contribution >= 0.6 is 0 Å². The molecule has 1 rings (SSSR count). The second-order valence-corrected chi connectivity index (χ2v) is 3.36. The molecule has 0 atom stereocenters.